The fourth-order valence-corrected chi connectivity index (χ4v) is 3.29. The molecule has 1 aliphatic heterocycles. The molecule has 0 atom stereocenters. The van der Waals surface area contributed by atoms with Gasteiger partial charge < -0.3 is 14.2 Å². The van der Waals surface area contributed by atoms with E-state index in [9.17, 15) is 0 Å². The van der Waals surface area contributed by atoms with Crippen LogP contribution in [0.1, 0.15) is 77.6 Å². The van der Waals surface area contributed by atoms with E-state index in [1.165, 1.54) is 44.9 Å². The highest BCUT2D eigenvalue weighted by Gasteiger charge is 2.40. The van der Waals surface area contributed by atoms with Crippen molar-refractivity contribution in [2.45, 2.75) is 89.4 Å². The zero-order valence-electron chi connectivity index (χ0n) is 13.2. The molecular weight excluding hydrogens is 252 g/mol. The van der Waals surface area contributed by atoms with Crippen LogP contribution in [0, 0.1) is 0 Å². The second-order valence-corrected chi connectivity index (χ2v) is 6.30. The summed E-state index contributed by atoms with van der Waals surface area (Å²) < 4.78 is 17.5. The van der Waals surface area contributed by atoms with Crippen molar-refractivity contribution in [2.24, 2.45) is 0 Å². The van der Waals surface area contributed by atoms with Gasteiger partial charge in [0.25, 0.3) is 0 Å². The first-order chi connectivity index (χ1) is 9.85. The highest BCUT2D eigenvalue weighted by atomic mass is 16.7. The lowest BCUT2D eigenvalue weighted by molar-refractivity contribution is -0.191. The summed E-state index contributed by atoms with van der Waals surface area (Å²) in [6.45, 7) is 4.74. The van der Waals surface area contributed by atoms with E-state index in [0.717, 1.165) is 45.5 Å². The first-order valence-electron chi connectivity index (χ1n) is 8.74. The van der Waals surface area contributed by atoms with Gasteiger partial charge in [0.15, 0.2) is 5.79 Å². The molecule has 1 aliphatic carbocycles. The zero-order valence-corrected chi connectivity index (χ0v) is 13.2. The smallest absolute Gasteiger partial charge is 0.168 e. The summed E-state index contributed by atoms with van der Waals surface area (Å²) in [5.41, 5.74) is 0. The van der Waals surface area contributed by atoms with Crippen molar-refractivity contribution < 1.29 is 14.2 Å². The maximum Gasteiger partial charge on any atom is 0.168 e. The third-order valence-electron chi connectivity index (χ3n) is 4.61. The van der Waals surface area contributed by atoms with Gasteiger partial charge >= 0.3 is 0 Å². The van der Waals surface area contributed by atoms with Gasteiger partial charge in [0, 0.05) is 19.4 Å². The van der Waals surface area contributed by atoms with Crippen LogP contribution in [0.15, 0.2) is 0 Å². The summed E-state index contributed by atoms with van der Waals surface area (Å²) in [7, 11) is 0. The first-order valence-corrected chi connectivity index (χ1v) is 8.74. The Kier molecular flexibility index (Phi) is 7.32. The summed E-state index contributed by atoms with van der Waals surface area (Å²) >= 11 is 0. The summed E-state index contributed by atoms with van der Waals surface area (Å²) in [5, 5.41) is 0. The minimum Gasteiger partial charge on any atom is -0.378 e. The molecule has 0 aromatic carbocycles. The van der Waals surface area contributed by atoms with E-state index in [4.69, 9.17) is 14.2 Å². The van der Waals surface area contributed by atoms with Gasteiger partial charge in [0.1, 0.15) is 0 Å². The van der Waals surface area contributed by atoms with Gasteiger partial charge in [-0.3, -0.25) is 0 Å². The van der Waals surface area contributed by atoms with Gasteiger partial charge in [-0.1, -0.05) is 45.4 Å². The number of rotatable bonds is 9. The van der Waals surface area contributed by atoms with Crippen molar-refractivity contribution in [1.82, 2.24) is 0 Å². The monoisotopic (exact) mass is 284 g/mol. The van der Waals surface area contributed by atoms with Gasteiger partial charge in [-0.05, 0) is 19.3 Å². The molecule has 0 N–H and O–H groups in total. The fraction of sp³-hybridized carbons (Fsp3) is 1.00. The van der Waals surface area contributed by atoms with Crippen LogP contribution in [0.25, 0.3) is 0 Å². The first kappa shape index (κ1) is 16.3. The molecule has 3 nitrogen and oxygen atoms in total. The quantitative estimate of drug-likeness (QED) is 0.586. The number of unbranched alkanes of at least 4 members (excludes halogenated alkanes) is 6. The Bertz CT molecular complexity index is 239. The molecule has 2 fully saturated rings. The average molecular weight is 284 g/mol. The molecule has 1 saturated heterocycles. The maximum atomic E-state index is 6.00. The van der Waals surface area contributed by atoms with Crippen LogP contribution in [0.4, 0.5) is 0 Å². The highest BCUT2D eigenvalue weighted by molar-refractivity contribution is 4.82. The van der Waals surface area contributed by atoms with Crippen molar-refractivity contribution in [3.63, 3.8) is 0 Å². The Hall–Kier alpha value is -0.120. The van der Waals surface area contributed by atoms with Crippen molar-refractivity contribution >= 4 is 0 Å². The molecule has 0 aromatic heterocycles. The van der Waals surface area contributed by atoms with Crippen LogP contribution >= 0.6 is 0 Å². The second-order valence-electron chi connectivity index (χ2n) is 6.30. The Morgan fingerprint density at radius 1 is 0.900 bits per heavy atom. The van der Waals surface area contributed by atoms with Crippen LogP contribution in [0.5, 0.6) is 0 Å². The lowest BCUT2D eigenvalue weighted by atomic mass is 9.92. The number of hydrogen-bond acceptors (Lipinski definition) is 3. The largest absolute Gasteiger partial charge is 0.378 e. The van der Waals surface area contributed by atoms with Crippen LogP contribution in [0.3, 0.4) is 0 Å². The lowest BCUT2D eigenvalue weighted by Crippen LogP contribution is -2.37. The molecule has 0 aromatic rings. The van der Waals surface area contributed by atoms with Crippen molar-refractivity contribution in [2.75, 3.05) is 19.8 Å². The van der Waals surface area contributed by atoms with E-state index < -0.39 is 0 Å². The lowest BCUT2D eigenvalue weighted by Gasteiger charge is -2.35. The summed E-state index contributed by atoms with van der Waals surface area (Å²) in [6, 6.07) is 0. The average Bonchev–Trinajstić information content (AvgIpc) is 2.92. The molecular formula is C17H32O3. The predicted octanol–water partition coefficient (Wildman–Crippen LogP) is 4.44. The normalized spacial score (nSPS) is 22.6. The van der Waals surface area contributed by atoms with Gasteiger partial charge in [0.2, 0.25) is 0 Å². The Morgan fingerprint density at radius 3 is 2.15 bits per heavy atom. The fourth-order valence-electron chi connectivity index (χ4n) is 3.29. The molecule has 1 spiro atoms. The third-order valence-corrected chi connectivity index (χ3v) is 4.61. The predicted molar refractivity (Wildman–Crippen MR) is 80.8 cm³/mol. The molecule has 0 unspecified atom stereocenters. The Balaban J connectivity index is 1.43. The van der Waals surface area contributed by atoms with E-state index in [2.05, 4.69) is 6.92 Å². The molecule has 20 heavy (non-hydrogen) atoms. The molecule has 0 radical (unpaired) electrons. The standard InChI is InChI=1S/C17H32O3/c1-2-3-4-5-6-7-8-13-18-16-9-11-17(12-10-16)19-14-15-20-17/h16H,2-15H2,1H3. The summed E-state index contributed by atoms with van der Waals surface area (Å²) in [6.07, 6.45) is 14.1. The van der Waals surface area contributed by atoms with Crippen LogP contribution in [-0.2, 0) is 14.2 Å². The Morgan fingerprint density at radius 2 is 1.50 bits per heavy atom. The van der Waals surface area contributed by atoms with Crippen molar-refractivity contribution in [1.29, 1.82) is 0 Å². The van der Waals surface area contributed by atoms with E-state index >= 15 is 0 Å². The van der Waals surface area contributed by atoms with Gasteiger partial charge in [-0.2, -0.15) is 0 Å². The molecule has 1 heterocycles. The minimum atomic E-state index is -0.237. The molecule has 1 saturated carbocycles. The third kappa shape index (κ3) is 5.34. The second kappa shape index (κ2) is 9.01. The van der Waals surface area contributed by atoms with Crippen LogP contribution < -0.4 is 0 Å². The summed E-state index contributed by atoms with van der Waals surface area (Å²) in [4.78, 5) is 0. The van der Waals surface area contributed by atoms with Gasteiger partial charge in [-0.15, -0.1) is 0 Å². The summed E-state index contributed by atoms with van der Waals surface area (Å²) in [5.74, 6) is -0.237. The molecule has 118 valence electrons. The molecule has 0 bridgehead atoms. The van der Waals surface area contributed by atoms with E-state index in [1.807, 2.05) is 0 Å². The molecule has 2 aliphatic rings. The van der Waals surface area contributed by atoms with Gasteiger partial charge in [0.05, 0.1) is 19.3 Å². The minimum absolute atomic E-state index is 0.237. The van der Waals surface area contributed by atoms with Gasteiger partial charge in [-0.25, -0.2) is 0 Å². The van der Waals surface area contributed by atoms with Crippen LogP contribution in [0.2, 0.25) is 0 Å². The van der Waals surface area contributed by atoms with Crippen LogP contribution in [-0.4, -0.2) is 31.7 Å². The molecule has 2 rings (SSSR count). The van der Waals surface area contributed by atoms with Crippen molar-refractivity contribution in [3.05, 3.63) is 0 Å². The number of hydrogen-bond donors (Lipinski definition) is 0. The zero-order chi connectivity index (χ0) is 14.1. The number of ether oxygens (including phenoxy) is 3. The Labute approximate surface area is 124 Å². The molecule has 0 amide bonds. The maximum absolute atomic E-state index is 6.00. The topological polar surface area (TPSA) is 27.7 Å². The molecule has 3 heteroatoms. The van der Waals surface area contributed by atoms with Crippen molar-refractivity contribution in [3.8, 4) is 0 Å². The van der Waals surface area contributed by atoms with E-state index in [-0.39, 0.29) is 5.79 Å². The van der Waals surface area contributed by atoms with E-state index in [1.54, 1.807) is 0 Å². The van der Waals surface area contributed by atoms with E-state index in [0.29, 0.717) is 6.10 Å². The SMILES string of the molecule is CCCCCCCCCOC1CCC2(CC1)OCCO2. The highest BCUT2D eigenvalue weighted by Crippen LogP contribution is 2.36.